The van der Waals surface area contributed by atoms with Crippen molar-refractivity contribution >= 4 is 11.7 Å². The topological polar surface area (TPSA) is 58.1 Å². The molecule has 0 spiro atoms. The molecule has 1 aliphatic heterocycles. The van der Waals surface area contributed by atoms with Crippen LogP contribution in [0.15, 0.2) is 12.1 Å². The van der Waals surface area contributed by atoms with Crippen LogP contribution in [0.25, 0.3) is 0 Å². The Labute approximate surface area is 82.1 Å². The number of piperazine rings is 1. The summed E-state index contributed by atoms with van der Waals surface area (Å²) in [5.74, 6) is 0.691. The molecule has 0 saturated carbocycles. The van der Waals surface area contributed by atoms with Crippen molar-refractivity contribution < 1.29 is 4.79 Å². The summed E-state index contributed by atoms with van der Waals surface area (Å²) >= 11 is 0. The van der Waals surface area contributed by atoms with E-state index in [-0.39, 0.29) is 5.91 Å². The highest BCUT2D eigenvalue weighted by Crippen LogP contribution is 2.10. The van der Waals surface area contributed by atoms with Gasteiger partial charge in [0.2, 0.25) is 5.91 Å². The van der Waals surface area contributed by atoms with Crippen LogP contribution < -0.4 is 10.2 Å². The highest BCUT2D eigenvalue weighted by Gasteiger charge is 2.20. The maximum absolute atomic E-state index is 11.5. The van der Waals surface area contributed by atoms with Crippen LogP contribution in [0, 0.1) is 6.92 Å². The lowest BCUT2D eigenvalue weighted by Crippen LogP contribution is -2.48. The summed E-state index contributed by atoms with van der Waals surface area (Å²) in [6.07, 6.45) is 0. The van der Waals surface area contributed by atoms with Gasteiger partial charge in [-0.25, -0.2) is 0 Å². The van der Waals surface area contributed by atoms with Crippen molar-refractivity contribution in [3.8, 4) is 0 Å². The monoisotopic (exact) mass is 192 g/mol. The summed E-state index contributed by atoms with van der Waals surface area (Å²) in [6.45, 7) is 3.73. The Morgan fingerprint density at radius 1 is 1.43 bits per heavy atom. The van der Waals surface area contributed by atoms with Gasteiger partial charge in [0.05, 0.1) is 12.2 Å². The maximum atomic E-state index is 11.5. The van der Waals surface area contributed by atoms with Gasteiger partial charge in [0.15, 0.2) is 5.82 Å². The van der Waals surface area contributed by atoms with E-state index in [4.69, 9.17) is 0 Å². The molecule has 74 valence electrons. The average Bonchev–Trinajstić information content (AvgIpc) is 2.20. The van der Waals surface area contributed by atoms with Crippen LogP contribution in [-0.4, -0.2) is 35.7 Å². The van der Waals surface area contributed by atoms with Crippen LogP contribution in [0.4, 0.5) is 5.82 Å². The Balaban J connectivity index is 2.20. The summed E-state index contributed by atoms with van der Waals surface area (Å²) in [5, 5.41) is 10.9. The Hall–Kier alpha value is -1.49. The van der Waals surface area contributed by atoms with E-state index in [2.05, 4.69) is 15.5 Å². The first-order chi connectivity index (χ1) is 6.77. The molecule has 0 bridgehead atoms. The number of aryl methyl sites for hydroxylation is 1. The predicted octanol–water partition coefficient (Wildman–Crippen LogP) is -0.279. The highest BCUT2D eigenvalue weighted by molar-refractivity contribution is 5.94. The molecule has 1 fully saturated rings. The predicted molar refractivity (Wildman–Crippen MR) is 52.0 cm³/mol. The second-order valence-electron chi connectivity index (χ2n) is 3.26. The van der Waals surface area contributed by atoms with E-state index >= 15 is 0 Å². The minimum Gasteiger partial charge on any atom is -0.307 e. The number of hydrogen-bond donors (Lipinski definition) is 1. The minimum absolute atomic E-state index is 0.0504. The molecule has 1 aromatic rings. The van der Waals surface area contributed by atoms with Crippen molar-refractivity contribution in [1.82, 2.24) is 15.5 Å². The van der Waals surface area contributed by atoms with Crippen LogP contribution in [0.1, 0.15) is 5.69 Å². The van der Waals surface area contributed by atoms with E-state index in [1.807, 2.05) is 19.1 Å². The molecule has 1 N–H and O–H groups in total. The normalized spacial score (nSPS) is 17.2. The summed E-state index contributed by atoms with van der Waals surface area (Å²) in [6, 6.07) is 3.68. The van der Waals surface area contributed by atoms with Crippen LogP contribution in [0.2, 0.25) is 0 Å². The van der Waals surface area contributed by atoms with Gasteiger partial charge in [0.25, 0.3) is 0 Å². The molecule has 0 radical (unpaired) electrons. The lowest BCUT2D eigenvalue weighted by molar-refractivity contribution is -0.118. The molecule has 0 atom stereocenters. The third-order valence-electron chi connectivity index (χ3n) is 2.15. The third kappa shape index (κ3) is 1.72. The van der Waals surface area contributed by atoms with E-state index in [9.17, 15) is 4.79 Å². The first-order valence-corrected chi connectivity index (χ1v) is 4.59. The summed E-state index contributed by atoms with van der Waals surface area (Å²) < 4.78 is 0. The zero-order valence-corrected chi connectivity index (χ0v) is 8.03. The number of carbonyl (C=O) groups excluding carboxylic acids is 1. The zero-order chi connectivity index (χ0) is 9.97. The van der Waals surface area contributed by atoms with Crippen molar-refractivity contribution in [2.24, 2.45) is 0 Å². The number of carbonyl (C=O) groups is 1. The average molecular weight is 192 g/mol. The smallest absolute Gasteiger partial charge is 0.242 e. The Kier molecular flexibility index (Phi) is 2.41. The molecule has 1 amide bonds. The molecular weight excluding hydrogens is 180 g/mol. The highest BCUT2D eigenvalue weighted by atomic mass is 16.2. The molecule has 5 nitrogen and oxygen atoms in total. The number of nitrogens with one attached hydrogen (secondary N) is 1. The van der Waals surface area contributed by atoms with E-state index in [1.165, 1.54) is 0 Å². The number of hydrogen-bond acceptors (Lipinski definition) is 4. The number of amides is 1. The second-order valence-corrected chi connectivity index (χ2v) is 3.26. The van der Waals surface area contributed by atoms with Crippen LogP contribution in [0.3, 0.4) is 0 Å². The number of nitrogens with zero attached hydrogens (tertiary/aromatic N) is 3. The molecule has 1 aliphatic rings. The van der Waals surface area contributed by atoms with Crippen molar-refractivity contribution in [2.75, 3.05) is 24.5 Å². The van der Waals surface area contributed by atoms with E-state index in [0.29, 0.717) is 18.9 Å². The largest absolute Gasteiger partial charge is 0.307 e. The van der Waals surface area contributed by atoms with Gasteiger partial charge in [-0.3, -0.25) is 9.69 Å². The van der Waals surface area contributed by atoms with Crippen molar-refractivity contribution in [1.29, 1.82) is 0 Å². The van der Waals surface area contributed by atoms with E-state index in [0.717, 1.165) is 12.2 Å². The first kappa shape index (κ1) is 9.08. The number of aromatic nitrogens is 2. The first-order valence-electron chi connectivity index (χ1n) is 4.59. The van der Waals surface area contributed by atoms with Gasteiger partial charge in [-0.05, 0) is 19.1 Å². The molecule has 1 aromatic heterocycles. The van der Waals surface area contributed by atoms with Crippen molar-refractivity contribution in [2.45, 2.75) is 6.92 Å². The van der Waals surface area contributed by atoms with Crippen LogP contribution in [0.5, 0.6) is 0 Å². The Morgan fingerprint density at radius 2 is 2.29 bits per heavy atom. The molecular formula is C9H12N4O. The van der Waals surface area contributed by atoms with Gasteiger partial charge < -0.3 is 5.32 Å². The number of rotatable bonds is 1. The molecule has 5 heteroatoms. The maximum Gasteiger partial charge on any atom is 0.242 e. The third-order valence-corrected chi connectivity index (χ3v) is 2.15. The lowest BCUT2D eigenvalue weighted by Gasteiger charge is -2.25. The van der Waals surface area contributed by atoms with Crippen LogP contribution >= 0.6 is 0 Å². The van der Waals surface area contributed by atoms with Crippen molar-refractivity contribution in [3.05, 3.63) is 17.8 Å². The molecule has 0 unspecified atom stereocenters. The molecule has 14 heavy (non-hydrogen) atoms. The van der Waals surface area contributed by atoms with Crippen LogP contribution in [-0.2, 0) is 4.79 Å². The number of anilines is 1. The fourth-order valence-electron chi connectivity index (χ4n) is 1.38. The molecule has 0 aliphatic carbocycles. The summed E-state index contributed by atoms with van der Waals surface area (Å²) in [7, 11) is 0. The van der Waals surface area contributed by atoms with E-state index < -0.39 is 0 Å². The summed E-state index contributed by atoms with van der Waals surface area (Å²) in [5.41, 5.74) is 0.858. The Bertz CT molecular complexity index is 335. The van der Waals surface area contributed by atoms with Gasteiger partial charge in [0.1, 0.15) is 0 Å². The lowest BCUT2D eigenvalue weighted by atomic mass is 10.3. The second kappa shape index (κ2) is 3.71. The van der Waals surface area contributed by atoms with E-state index in [1.54, 1.807) is 4.90 Å². The quantitative estimate of drug-likeness (QED) is 0.665. The standard InChI is InChI=1S/C9H12N4O/c1-7-2-3-8(12-11-7)13-5-4-10-6-9(13)14/h2-3,10H,4-6H2,1H3. The van der Waals surface area contributed by atoms with Crippen molar-refractivity contribution in [3.63, 3.8) is 0 Å². The molecule has 2 rings (SSSR count). The zero-order valence-electron chi connectivity index (χ0n) is 8.03. The van der Waals surface area contributed by atoms with Gasteiger partial charge >= 0.3 is 0 Å². The molecule has 0 aromatic carbocycles. The SMILES string of the molecule is Cc1ccc(N2CCNCC2=O)nn1. The fourth-order valence-corrected chi connectivity index (χ4v) is 1.38. The fraction of sp³-hybridized carbons (Fsp3) is 0.444. The minimum atomic E-state index is 0.0504. The van der Waals surface area contributed by atoms with Gasteiger partial charge in [-0.2, -0.15) is 5.10 Å². The van der Waals surface area contributed by atoms with Gasteiger partial charge in [0, 0.05) is 13.1 Å². The van der Waals surface area contributed by atoms with Gasteiger partial charge in [-0.15, -0.1) is 5.10 Å². The molecule has 2 heterocycles. The summed E-state index contributed by atoms with van der Waals surface area (Å²) in [4.78, 5) is 13.1. The Morgan fingerprint density at radius 3 is 2.93 bits per heavy atom. The molecule has 1 saturated heterocycles. The van der Waals surface area contributed by atoms with Gasteiger partial charge in [-0.1, -0.05) is 0 Å².